The fourth-order valence-electron chi connectivity index (χ4n) is 11.4. The van der Waals surface area contributed by atoms with Crippen molar-refractivity contribution in [3.63, 3.8) is 0 Å². The first-order chi connectivity index (χ1) is 35.6. The third-order valence-electron chi connectivity index (χ3n) is 15.1. The van der Waals surface area contributed by atoms with Crippen molar-refractivity contribution in [2.24, 2.45) is 24.8 Å². The molecule has 74 heavy (non-hydrogen) atoms. The number of anilines is 6. The van der Waals surface area contributed by atoms with Gasteiger partial charge in [-0.05, 0) is 91.8 Å². The van der Waals surface area contributed by atoms with Crippen molar-refractivity contribution in [3.8, 4) is 28.0 Å². The summed E-state index contributed by atoms with van der Waals surface area (Å²) in [5.74, 6) is -0.532. The van der Waals surface area contributed by atoms with Gasteiger partial charge in [0.25, 0.3) is 11.8 Å². The molecule has 3 N–H and O–H groups in total. The van der Waals surface area contributed by atoms with Crippen LogP contribution in [0, 0.1) is 23.6 Å². The fourth-order valence-corrected chi connectivity index (χ4v) is 12.7. The predicted molar refractivity (Wildman–Crippen MR) is 283 cm³/mol. The maximum Gasteiger partial charge on any atom is 0.262 e. The van der Waals surface area contributed by atoms with Gasteiger partial charge in [0.2, 0.25) is 17.8 Å². The van der Waals surface area contributed by atoms with Gasteiger partial charge in [0.05, 0.1) is 47.7 Å². The molecular formula is C54H56ClFN11O6P. The SMILES string of the molecule is COc1cc(N2CC3CN(CC4CCN(c5cc6c(cc5F)C(=O)N(C5CCC(=O)NC5=O)C6=O)CC4)CC3C2)c(-c2cnn(C)c2)cc1Nc1ncc(Cl)c(Nc2ccc(-c3ccccc3)cc2P(C)(C)=O)n1. The summed E-state index contributed by atoms with van der Waals surface area (Å²) in [6.07, 6.45) is 7.13. The van der Waals surface area contributed by atoms with Gasteiger partial charge in [-0.15, -0.1) is 0 Å². The van der Waals surface area contributed by atoms with Gasteiger partial charge in [-0.25, -0.2) is 9.37 Å². The number of fused-ring (bicyclic) bond motifs is 2. The zero-order valence-electron chi connectivity index (χ0n) is 41.5. The van der Waals surface area contributed by atoms with Crippen LogP contribution in [0.25, 0.3) is 22.3 Å². The number of methoxy groups -OCH3 is 1. The van der Waals surface area contributed by atoms with Crippen molar-refractivity contribution in [3.05, 3.63) is 113 Å². The quantitative estimate of drug-likeness (QED) is 0.0752. The highest BCUT2D eigenvalue weighted by molar-refractivity contribution is 7.70. The topological polar surface area (TPSA) is 187 Å². The summed E-state index contributed by atoms with van der Waals surface area (Å²) in [7, 11) is 0.786. The number of imide groups is 2. The maximum absolute atomic E-state index is 15.7. The van der Waals surface area contributed by atoms with Crippen LogP contribution in [0.4, 0.5) is 38.9 Å². The molecule has 4 fully saturated rings. The number of hydrogen-bond acceptors (Lipinski definition) is 14. The maximum atomic E-state index is 15.7. The summed E-state index contributed by atoms with van der Waals surface area (Å²) >= 11 is 6.71. The fraction of sp³-hybridized carbons (Fsp3) is 0.352. The molecule has 7 heterocycles. The van der Waals surface area contributed by atoms with Crippen molar-refractivity contribution < 1.29 is 32.9 Å². The second-order valence-corrected chi connectivity index (χ2v) is 24.0. The molecule has 0 saturated carbocycles. The Morgan fingerprint density at radius 1 is 0.797 bits per heavy atom. The number of halogens is 2. The van der Waals surface area contributed by atoms with Crippen LogP contribution in [0.5, 0.6) is 5.75 Å². The number of benzene rings is 4. The second-order valence-electron chi connectivity index (χ2n) is 20.4. The number of nitrogens with zero attached hydrogens (tertiary/aromatic N) is 8. The van der Waals surface area contributed by atoms with Gasteiger partial charge in [-0.3, -0.25) is 34.1 Å². The molecule has 20 heteroatoms. The Morgan fingerprint density at radius 2 is 1.53 bits per heavy atom. The number of rotatable bonds is 13. The number of aryl methyl sites for hydroxylation is 1. The molecule has 2 aromatic heterocycles. The molecule has 4 amide bonds. The Hall–Kier alpha value is -7.14. The van der Waals surface area contributed by atoms with Crippen molar-refractivity contribution in [2.75, 3.05) is 86.7 Å². The molecule has 382 valence electrons. The van der Waals surface area contributed by atoms with Gasteiger partial charge < -0.3 is 34.6 Å². The lowest BCUT2D eigenvalue weighted by Gasteiger charge is -2.36. The first-order valence-corrected chi connectivity index (χ1v) is 27.9. The number of nitrogens with one attached hydrogen (secondary N) is 3. The van der Waals surface area contributed by atoms with Crippen LogP contribution < -0.4 is 35.8 Å². The minimum absolute atomic E-state index is 0.0115. The molecular weight excluding hydrogens is 984 g/mol. The van der Waals surface area contributed by atoms with Crippen LogP contribution in [-0.4, -0.2) is 125 Å². The third-order valence-corrected chi connectivity index (χ3v) is 17.0. The monoisotopic (exact) mass is 1040 g/mol. The zero-order chi connectivity index (χ0) is 51.6. The Balaban J connectivity index is 0.748. The number of hydrogen-bond donors (Lipinski definition) is 3. The molecule has 3 unspecified atom stereocenters. The molecule has 5 aliphatic rings. The molecule has 5 aliphatic heterocycles. The van der Waals surface area contributed by atoms with Gasteiger partial charge in [0.15, 0.2) is 5.82 Å². The van der Waals surface area contributed by atoms with Crippen molar-refractivity contribution in [1.29, 1.82) is 0 Å². The Kier molecular flexibility index (Phi) is 13.0. The second kappa shape index (κ2) is 19.6. The van der Waals surface area contributed by atoms with Gasteiger partial charge in [-0.2, -0.15) is 10.1 Å². The van der Waals surface area contributed by atoms with Crippen LogP contribution in [0.1, 0.15) is 46.4 Å². The van der Waals surface area contributed by atoms with E-state index in [1.54, 1.807) is 25.1 Å². The molecule has 0 aliphatic carbocycles. The average molecular weight is 1040 g/mol. The average Bonchev–Trinajstić information content (AvgIpc) is 4.15. The van der Waals surface area contributed by atoms with Crippen LogP contribution in [0.3, 0.4) is 0 Å². The highest BCUT2D eigenvalue weighted by Gasteiger charge is 2.46. The van der Waals surface area contributed by atoms with E-state index in [1.807, 2.05) is 72.9 Å². The van der Waals surface area contributed by atoms with Crippen molar-refractivity contribution in [1.82, 2.24) is 34.9 Å². The third kappa shape index (κ3) is 9.50. The van der Waals surface area contributed by atoms with E-state index in [1.165, 1.54) is 12.3 Å². The van der Waals surface area contributed by atoms with Crippen molar-refractivity contribution >= 4 is 82.2 Å². The zero-order valence-corrected chi connectivity index (χ0v) is 43.1. The molecule has 3 atom stereocenters. The van der Waals surface area contributed by atoms with Gasteiger partial charge in [0, 0.05) is 93.7 Å². The van der Waals surface area contributed by atoms with E-state index in [0.29, 0.717) is 64.1 Å². The first kappa shape index (κ1) is 49.1. The standard InChI is InChI=1S/C54H56ClFN11O6P/c1-63-26-34(23-58-63)37-20-43(60-54-57-24-40(55)50(62-54)59-42-11-10-33(18-48(42)74(3,4)72)32-8-6-5-7-9-32)47(73-2)22-45(37)66-29-35-27-64(28-36(35)30-66)25-31-14-16-65(17-15-31)46-21-39-38(19-41(46)56)52(70)67(53(39)71)44-12-13-49(68)61-51(44)69/h5-11,18-24,26,31,35-36,44H,12-17,25,27-30H2,1-4H3,(H,61,68,69)(H2,57,59,60,62). The van der Waals surface area contributed by atoms with Crippen LogP contribution in [-0.2, 0) is 21.2 Å². The van der Waals surface area contributed by atoms with Crippen LogP contribution in [0.2, 0.25) is 5.02 Å². The highest BCUT2D eigenvalue weighted by atomic mass is 35.5. The Morgan fingerprint density at radius 3 is 2.20 bits per heavy atom. The highest BCUT2D eigenvalue weighted by Crippen LogP contribution is 2.45. The largest absolute Gasteiger partial charge is 0.494 e. The Labute approximate surface area is 432 Å². The summed E-state index contributed by atoms with van der Waals surface area (Å²) in [6, 6.07) is 21.4. The lowest BCUT2D eigenvalue weighted by molar-refractivity contribution is -0.136. The van der Waals surface area contributed by atoms with Crippen LogP contribution >= 0.6 is 18.7 Å². The minimum atomic E-state index is -2.75. The van der Waals surface area contributed by atoms with Gasteiger partial charge in [0.1, 0.15) is 29.8 Å². The Bertz CT molecular complexity index is 3280. The van der Waals surface area contributed by atoms with E-state index >= 15 is 4.39 Å². The normalized spacial score (nSPS) is 20.3. The predicted octanol–water partition coefficient (Wildman–Crippen LogP) is 7.77. The summed E-state index contributed by atoms with van der Waals surface area (Å²) in [5, 5.41) is 14.4. The molecule has 17 nitrogen and oxygen atoms in total. The number of ether oxygens (including phenoxy) is 1. The number of aromatic nitrogens is 4. The van der Waals surface area contributed by atoms with Gasteiger partial charge >= 0.3 is 0 Å². The number of carbonyl (C=O) groups is 4. The molecule has 6 aromatic rings. The van der Waals surface area contributed by atoms with E-state index in [2.05, 4.69) is 48.0 Å². The number of likely N-dealkylation sites (tertiary alicyclic amines) is 1. The number of piperidine rings is 2. The molecule has 0 radical (unpaired) electrons. The van der Waals surface area contributed by atoms with Gasteiger partial charge in [-0.1, -0.05) is 48.0 Å². The number of amides is 4. The summed E-state index contributed by atoms with van der Waals surface area (Å²) in [4.78, 5) is 68.2. The van der Waals surface area contributed by atoms with E-state index < -0.39 is 42.6 Å². The molecule has 0 spiro atoms. The summed E-state index contributed by atoms with van der Waals surface area (Å²) in [5.41, 5.74) is 6.52. The summed E-state index contributed by atoms with van der Waals surface area (Å²) in [6.45, 7) is 9.32. The smallest absolute Gasteiger partial charge is 0.262 e. The molecule has 4 aromatic carbocycles. The lowest BCUT2D eigenvalue weighted by atomic mass is 9.95. The molecule has 0 bridgehead atoms. The first-order valence-electron chi connectivity index (χ1n) is 24.9. The molecule has 4 saturated heterocycles. The minimum Gasteiger partial charge on any atom is -0.494 e. The van der Waals surface area contributed by atoms with E-state index in [4.69, 9.17) is 21.3 Å². The van der Waals surface area contributed by atoms with Crippen LogP contribution in [0.15, 0.2) is 91.4 Å². The summed E-state index contributed by atoms with van der Waals surface area (Å²) < 4.78 is 37.2. The van der Waals surface area contributed by atoms with Crippen molar-refractivity contribution in [2.45, 2.75) is 31.7 Å². The van der Waals surface area contributed by atoms with E-state index in [-0.39, 0.29) is 35.6 Å². The van der Waals surface area contributed by atoms with E-state index in [0.717, 1.165) is 84.5 Å². The number of carbonyl (C=O) groups excluding carboxylic acids is 4. The van der Waals surface area contributed by atoms with E-state index in [9.17, 15) is 23.7 Å². The molecule has 11 rings (SSSR count). The lowest BCUT2D eigenvalue weighted by Crippen LogP contribution is -2.54.